The van der Waals surface area contributed by atoms with Crippen molar-refractivity contribution in [1.29, 1.82) is 0 Å². The van der Waals surface area contributed by atoms with Crippen LogP contribution in [-0.4, -0.2) is 32.5 Å². The molecule has 0 aliphatic heterocycles. The minimum atomic E-state index is -0.526. The van der Waals surface area contributed by atoms with E-state index >= 15 is 0 Å². The number of aliphatic hydroxyl groups excluding tert-OH is 3. The van der Waals surface area contributed by atoms with Crippen molar-refractivity contribution in [3.05, 3.63) is 41.6 Å². The number of hydrogen-bond donors (Lipinski definition) is 3. The molecule has 4 rings (SSSR count). The Morgan fingerprint density at radius 3 is 2.69 bits per heavy atom. The van der Waals surface area contributed by atoms with Crippen LogP contribution in [-0.2, 0) is 0 Å². The quantitative estimate of drug-likeness (QED) is 0.519. The lowest BCUT2D eigenvalue weighted by atomic mass is 9.60. The van der Waals surface area contributed by atoms with Gasteiger partial charge in [0.2, 0.25) is 0 Å². The highest BCUT2D eigenvalue weighted by molar-refractivity contribution is 5.26. The summed E-state index contributed by atoms with van der Waals surface area (Å²) in [4.78, 5) is 4.07. The summed E-state index contributed by atoms with van der Waals surface area (Å²) < 4.78 is 4.99. The highest BCUT2D eigenvalue weighted by atomic mass is 16.3. The molecule has 0 amide bonds. The molecule has 3 aliphatic carbocycles. The summed E-state index contributed by atoms with van der Waals surface area (Å²) in [5.74, 6) is 2.03. The highest BCUT2D eigenvalue weighted by Crippen LogP contribution is 2.60. The minimum Gasteiger partial charge on any atom is -0.451 e. The first-order valence-corrected chi connectivity index (χ1v) is 12.7. The maximum Gasteiger partial charge on any atom is 0.180 e. The van der Waals surface area contributed by atoms with Gasteiger partial charge in [0.15, 0.2) is 6.39 Å². The summed E-state index contributed by atoms with van der Waals surface area (Å²) in [6.07, 6.45) is 17.2. The van der Waals surface area contributed by atoms with Gasteiger partial charge in [-0.05, 0) is 81.0 Å². The maximum absolute atomic E-state index is 10.3. The van der Waals surface area contributed by atoms with Crippen LogP contribution in [0.1, 0.15) is 96.3 Å². The van der Waals surface area contributed by atoms with Crippen LogP contribution in [0.3, 0.4) is 0 Å². The van der Waals surface area contributed by atoms with Crippen LogP contribution < -0.4 is 0 Å². The molecule has 3 aliphatic rings. The molecule has 1 heterocycles. The summed E-state index contributed by atoms with van der Waals surface area (Å²) >= 11 is 0. The van der Waals surface area contributed by atoms with Crippen LogP contribution in [0.25, 0.3) is 0 Å². The molecule has 178 valence electrons. The van der Waals surface area contributed by atoms with E-state index in [0.29, 0.717) is 42.2 Å². The summed E-state index contributed by atoms with van der Waals surface area (Å²) in [7, 11) is 0. The minimum absolute atomic E-state index is 0.359. The van der Waals surface area contributed by atoms with Gasteiger partial charge in [-0.1, -0.05) is 50.0 Å². The fourth-order valence-electron chi connectivity index (χ4n) is 7.11. The van der Waals surface area contributed by atoms with Crippen LogP contribution in [0, 0.1) is 23.2 Å². The molecule has 3 fully saturated rings. The largest absolute Gasteiger partial charge is 0.451 e. The Labute approximate surface area is 192 Å². The van der Waals surface area contributed by atoms with Gasteiger partial charge in [-0.3, -0.25) is 0 Å². The lowest BCUT2D eigenvalue weighted by Crippen LogP contribution is -2.36. The Morgan fingerprint density at radius 2 is 1.97 bits per heavy atom. The fourth-order valence-corrected chi connectivity index (χ4v) is 7.11. The van der Waals surface area contributed by atoms with E-state index in [1.54, 1.807) is 5.57 Å². The number of aliphatic hydroxyl groups is 3. The molecule has 5 heteroatoms. The Balaban J connectivity index is 1.36. The number of oxazole rings is 1. The first-order chi connectivity index (χ1) is 15.4. The SMILES string of the molecule is C[C@H](CCC[C@H](O)c1cocn1)[C@H]1CC[C@H]2/C(=C/C=C3C[C@@H](O)C[C@H](O)C3)CCC[C@]12C. The van der Waals surface area contributed by atoms with Crippen molar-refractivity contribution in [2.45, 2.75) is 103 Å². The van der Waals surface area contributed by atoms with E-state index in [2.05, 4.69) is 31.0 Å². The number of nitrogens with zero attached hydrogens (tertiary/aromatic N) is 1. The van der Waals surface area contributed by atoms with E-state index in [9.17, 15) is 15.3 Å². The molecule has 0 saturated heterocycles. The van der Waals surface area contributed by atoms with Gasteiger partial charge in [0.25, 0.3) is 0 Å². The van der Waals surface area contributed by atoms with Gasteiger partial charge in [-0.25, -0.2) is 4.98 Å². The molecule has 0 bridgehead atoms. The molecule has 0 unspecified atom stereocenters. The number of hydrogen-bond acceptors (Lipinski definition) is 5. The third-order valence-corrected chi connectivity index (χ3v) is 8.73. The van der Waals surface area contributed by atoms with E-state index in [4.69, 9.17) is 4.42 Å². The topological polar surface area (TPSA) is 86.7 Å². The monoisotopic (exact) mass is 443 g/mol. The van der Waals surface area contributed by atoms with Gasteiger partial charge in [-0.2, -0.15) is 0 Å². The van der Waals surface area contributed by atoms with Crippen molar-refractivity contribution in [3.63, 3.8) is 0 Å². The van der Waals surface area contributed by atoms with E-state index in [1.165, 1.54) is 50.3 Å². The Bertz CT molecular complexity index is 789. The second-order valence-electron chi connectivity index (χ2n) is 11.0. The average Bonchev–Trinajstić information content (AvgIpc) is 3.39. The molecule has 0 radical (unpaired) electrons. The Morgan fingerprint density at radius 1 is 1.19 bits per heavy atom. The van der Waals surface area contributed by atoms with Gasteiger partial charge >= 0.3 is 0 Å². The van der Waals surface area contributed by atoms with Crippen LogP contribution in [0.15, 0.2) is 40.4 Å². The Hall–Kier alpha value is -1.43. The van der Waals surface area contributed by atoms with Crippen LogP contribution in [0.5, 0.6) is 0 Å². The molecular weight excluding hydrogens is 402 g/mol. The van der Waals surface area contributed by atoms with Gasteiger partial charge in [0, 0.05) is 0 Å². The molecular formula is C27H41NO4. The van der Waals surface area contributed by atoms with E-state index in [0.717, 1.165) is 25.2 Å². The number of aromatic nitrogens is 1. The molecule has 3 saturated carbocycles. The third kappa shape index (κ3) is 5.21. The molecule has 32 heavy (non-hydrogen) atoms. The molecule has 1 aromatic heterocycles. The van der Waals surface area contributed by atoms with Gasteiger partial charge < -0.3 is 19.7 Å². The van der Waals surface area contributed by atoms with Crippen LogP contribution >= 0.6 is 0 Å². The lowest BCUT2D eigenvalue weighted by Gasteiger charge is -2.44. The number of fused-ring (bicyclic) bond motifs is 1. The van der Waals surface area contributed by atoms with E-state index in [1.807, 2.05) is 0 Å². The highest BCUT2D eigenvalue weighted by Gasteiger charge is 2.50. The first kappa shape index (κ1) is 23.7. The van der Waals surface area contributed by atoms with Crippen molar-refractivity contribution < 1.29 is 19.7 Å². The number of rotatable bonds is 7. The zero-order valence-electron chi connectivity index (χ0n) is 19.7. The smallest absolute Gasteiger partial charge is 0.180 e. The average molecular weight is 444 g/mol. The zero-order chi connectivity index (χ0) is 22.7. The number of allylic oxidation sites excluding steroid dienone is 3. The Kier molecular flexibility index (Phi) is 7.58. The maximum atomic E-state index is 10.3. The molecule has 0 aromatic carbocycles. The molecule has 0 spiro atoms. The summed E-state index contributed by atoms with van der Waals surface area (Å²) in [5, 5.41) is 30.3. The third-order valence-electron chi connectivity index (χ3n) is 8.73. The lowest BCUT2D eigenvalue weighted by molar-refractivity contribution is 0.0609. The molecule has 7 atom stereocenters. The van der Waals surface area contributed by atoms with Gasteiger partial charge in [0.1, 0.15) is 12.0 Å². The van der Waals surface area contributed by atoms with E-state index in [-0.39, 0.29) is 0 Å². The van der Waals surface area contributed by atoms with Crippen molar-refractivity contribution in [2.24, 2.45) is 23.2 Å². The normalized spacial score (nSPS) is 36.2. The predicted molar refractivity (Wildman–Crippen MR) is 125 cm³/mol. The van der Waals surface area contributed by atoms with Crippen molar-refractivity contribution in [3.8, 4) is 0 Å². The molecule has 1 aromatic rings. The second-order valence-corrected chi connectivity index (χ2v) is 11.0. The van der Waals surface area contributed by atoms with Crippen LogP contribution in [0.2, 0.25) is 0 Å². The van der Waals surface area contributed by atoms with Gasteiger partial charge in [0.05, 0.1) is 18.3 Å². The predicted octanol–water partition coefficient (Wildman–Crippen LogP) is 5.49. The van der Waals surface area contributed by atoms with Crippen LogP contribution in [0.4, 0.5) is 0 Å². The molecule has 5 nitrogen and oxygen atoms in total. The second kappa shape index (κ2) is 10.2. The summed E-state index contributed by atoms with van der Waals surface area (Å²) in [6, 6.07) is 0. The zero-order valence-corrected chi connectivity index (χ0v) is 19.7. The van der Waals surface area contributed by atoms with Crippen molar-refractivity contribution >= 4 is 0 Å². The first-order valence-electron chi connectivity index (χ1n) is 12.7. The standard InChI is InChI=1S/C27H41NO4/c1-18(5-3-7-26(31)25-16-32-17-28-25)23-10-11-24-20(6-4-12-27(23,24)2)9-8-19-13-21(29)15-22(30)14-19/h8-9,16-18,21-24,26,29-31H,3-7,10-15H2,1-2H3/b20-9+/t18-,21-,22-,23-,24+,26+,27-/m1/s1. The summed E-state index contributed by atoms with van der Waals surface area (Å²) in [6.45, 7) is 4.93. The van der Waals surface area contributed by atoms with Crippen molar-refractivity contribution in [1.82, 2.24) is 4.98 Å². The molecule has 3 N–H and O–H groups in total. The van der Waals surface area contributed by atoms with E-state index < -0.39 is 18.3 Å². The van der Waals surface area contributed by atoms with Crippen molar-refractivity contribution in [2.75, 3.05) is 0 Å². The summed E-state index contributed by atoms with van der Waals surface area (Å²) in [5.41, 5.74) is 3.76. The van der Waals surface area contributed by atoms with Gasteiger partial charge in [-0.15, -0.1) is 0 Å². The fraction of sp³-hybridized carbons (Fsp3) is 0.741.